The Morgan fingerprint density at radius 3 is 2.95 bits per heavy atom. The standard InChI is InChI=1S/C13H17ClFNO3/c1-2-9(17)5-6-16-13(18)8-19-10-3-4-12(15)11(14)7-10/h3-4,7,9,17H,2,5-6,8H2,1H3,(H,16,18). The summed E-state index contributed by atoms with van der Waals surface area (Å²) in [5.41, 5.74) is 0. The summed E-state index contributed by atoms with van der Waals surface area (Å²) in [5.74, 6) is -0.508. The van der Waals surface area contributed by atoms with Crippen LogP contribution < -0.4 is 10.1 Å². The van der Waals surface area contributed by atoms with E-state index in [0.717, 1.165) is 0 Å². The molecule has 0 aliphatic carbocycles. The molecule has 0 aliphatic heterocycles. The van der Waals surface area contributed by atoms with E-state index in [9.17, 15) is 14.3 Å². The van der Waals surface area contributed by atoms with Crippen molar-refractivity contribution < 1.29 is 19.0 Å². The van der Waals surface area contributed by atoms with Gasteiger partial charge in [-0.05, 0) is 25.0 Å². The number of rotatable bonds is 7. The fourth-order valence-corrected chi connectivity index (χ4v) is 1.52. The molecule has 106 valence electrons. The Labute approximate surface area is 116 Å². The van der Waals surface area contributed by atoms with Crippen LogP contribution in [-0.4, -0.2) is 30.3 Å². The van der Waals surface area contributed by atoms with Crippen LogP contribution in [0.15, 0.2) is 18.2 Å². The molecule has 0 radical (unpaired) electrons. The molecule has 0 saturated heterocycles. The Morgan fingerprint density at radius 2 is 2.32 bits per heavy atom. The van der Waals surface area contributed by atoms with E-state index in [1.807, 2.05) is 6.92 Å². The van der Waals surface area contributed by atoms with Crippen molar-refractivity contribution in [3.63, 3.8) is 0 Å². The van der Waals surface area contributed by atoms with Crippen LogP contribution in [-0.2, 0) is 4.79 Å². The number of nitrogens with one attached hydrogen (secondary N) is 1. The van der Waals surface area contributed by atoms with Crippen molar-refractivity contribution in [2.75, 3.05) is 13.2 Å². The molecule has 6 heteroatoms. The minimum Gasteiger partial charge on any atom is -0.484 e. The zero-order valence-corrected chi connectivity index (χ0v) is 11.4. The van der Waals surface area contributed by atoms with Crippen LogP contribution in [0, 0.1) is 5.82 Å². The molecule has 1 amide bonds. The van der Waals surface area contributed by atoms with E-state index >= 15 is 0 Å². The fourth-order valence-electron chi connectivity index (χ4n) is 1.35. The molecular weight excluding hydrogens is 273 g/mol. The Morgan fingerprint density at radius 1 is 1.58 bits per heavy atom. The Hall–Kier alpha value is -1.33. The average molecular weight is 290 g/mol. The number of benzene rings is 1. The van der Waals surface area contributed by atoms with Crippen molar-refractivity contribution in [1.29, 1.82) is 0 Å². The molecular formula is C13H17ClFNO3. The van der Waals surface area contributed by atoms with Crippen LogP contribution in [0.3, 0.4) is 0 Å². The number of carbonyl (C=O) groups excluding carboxylic acids is 1. The number of carbonyl (C=O) groups is 1. The van der Waals surface area contributed by atoms with Gasteiger partial charge >= 0.3 is 0 Å². The van der Waals surface area contributed by atoms with Gasteiger partial charge in [-0.15, -0.1) is 0 Å². The highest BCUT2D eigenvalue weighted by molar-refractivity contribution is 6.30. The molecule has 1 aromatic rings. The summed E-state index contributed by atoms with van der Waals surface area (Å²) in [7, 11) is 0. The molecule has 0 heterocycles. The van der Waals surface area contributed by atoms with Gasteiger partial charge in [-0.3, -0.25) is 4.79 Å². The van der Waals surface area contributed by atoms with Crippen molar-refractivity contribution >= 4 is 17.5 Å². The lowest BCUT2D eigenvalue weighted by Crippen LogP contribution is -2.31. The minimum atomic E-state index is -0.535. The van der Waals surface area contributed by atoms with Gasteiger partial charge in [0.15, 0.2) is 6.61 Å². The molecule has 1 aromatic carbocycles. The van der Waals surface area contributed by atoms with Gasteiger partial charge in [0.25, 0.3) is 5.91 Å². The molecule has 0 bridgehead atoms. The summed E-state index contributed by atoms with van der Waals surface area (Å²) in [6.45, 7) is 2.08. The maximum absolute atomic E-state index is 12.9. The molecule has 0 aromatic heterocycles. The largest absolute Gasteiger partial charge is 0.484 e. The van der Waals surface area contributed by atoms with Gasteiger partial charge in [0.05, 0.1) is 11.1 Å². The summed E-state index contributed by atoms with van der Waals surface area (Å²) < 4.78 is 18.0. The summed E-state index contributed by atoms with van der Waals surface area (Å²) >= 11 is 5.58. The SMILES string of the molecule is CCC(O)CCNC(=O)COc1ccc(F)c(Cl)c1. The van der Waals surface area contributed by atoms with E-state index in [1.165, 1.54) is 18.2 Å². The van der Waals surface area contributed by atoms with Crippen molar-refractivity contribution in [1.82, 2.24) is 5.32 Å². The van der Waals surface area contributed by atoms with Crippen LogP contribution in [0.25, 0.3) is 0 Å². The predicted octanol–water partition coefficient (Wildman–Crippen LogP) is 2.14. The molecule has 0 aliphatic rings. The monoisotopic (exact) mass is 289 g/mol. The van der Waals surface area contributed by atoms with E-state index in [4.69, 9.17) is 16.3 Å². The van der Waals surface area contributed by atoms with E-state index in [2.05, 4.69) is 5.32 Å². The zero-order valence-electron chi connectivity index (χ0n) is 10.7. The van der Waals surface area contributed by atoms with E-state index in [1.54, 1.807) is 0 Å². The number of ether oxygens (including phenoxy) is 1. The van der Waals surface area contributed by atoms with Crippen LogP contribution in [0.2, 0.25) is 5.02 Å². The molecule has 0 saturated carbocycles. The molecule has 0 fully saturated rings. The first-order valence-electron chi connectivity index (χ1n) is 6.05. The third-order valence-corrected chi connectivity index (χ3v) is 2.82. The van der Waals surface area contributed by atoms with Gasteiger partial charge in [0.1, 0.15) is 11.6 Å². The summed E-state index contributed by atoms with van der Waals surface area (Å²) in [4.78, 5) is 11.4. The van der Waals surface area contributed by atoms with Crippen molar-refractivity contribution in [3.05, 3.63) is 29.0 Å². The van der Waals surface area contributed by atoms with Gasteiger partial charge in [-0.2, -0.15) is 0 Å². The first kappa shape index (κ1) is 15.7. The average Bonchev–Trinajstić information content (AvgIpc) is 2.40. The summed E-state index contributed by atoms with van der Waals surface area (Å²) in [6, 6.07) is 3.88. The van der Waals surface area contributed by atoms with Crippen molar-refractivity contribution in [3.8, 4) is 5.75 Å². The highest BCUT2D eigenvalue weighted by atomic mass is 35.5. The van der Waals surface area contributed by atoms with Gasteiger partial charge < -0.3 is 15.2 Å². The van der Waals surface area contributed by atoms with E-state index in [-0.39, 0.29) is 17.5 Å². The highest BCUT2D eigenvalue weighted by Gasteiger charge is 2.06. The molecule has 1 unspecified atom stereocenters. The second kappa shape index (κ2) is 7.96. The minimum absolute atomic E-state index is 0.0519. The Bertz CT molecular complexity index is 428. The first-order valence-corrected chi connectivity index (χ1v) is 6.43. The van der Waals surface area contributed by atoms with Crippen molar-refractivity contribution in [2.45, 2.75) is 25.9 Å². The quantitative estimate of drug-likeness (QED) is 0.808. The zero-order chi connectivity index (χ0) is 14.3. The second-order valence-corrected chi connectivity index (χ2v) is 4.47. The number of hydrogen-bond donors (Lipinski definition) is 2. The summed E-state index contributed by atoms with van der Waals surface area (Å²) in [5, 5.41) is 11.9. The van der Waals surface area contributed by atoms with Gasteiger partial charge in [0, 0.05) is 12.6 Å². The Balaban J connectivity index is 2.28. The number of aliphatic hydroxyl groups excluding tert-OH is 1. The fraction of sp³-hybridized carbons (Fsp3) is 0.462. The predicted molar refractivity (Wildman–Crippen MR) is 70.8 cm³/mol. The molecule has 4 nitrogen and oxygen atoms in total. The van der Waals surface area contributed by atoms with Crippen molar-refractivity contribution in [2.24, 2.45) is 0 Å². The van der Waals surface area contributed by atoms with E-state index in [0.29, 0.717) is 25.1 Å². The maximum Gasteiger partial charge on any atom is 0.257 e. The molecule has 1 atom stereocenters. The van der Waals surface area contributed by atoms with Crippen LogP contribution in [0.5, 0.6) is 5.75 Å². The smallest absolute Gasteiger partial charge is 0.257 e. The summed E-state index contributed by atoms with van der Waals surface area (Å²) in [6.07, 6.45) is 0.752. The highest BCUT2D eigenvalue weighted by Crippen LogP contribution is 2.20. The van der Waals surface area contributed by atoms with Crippen LogP contribution >= 0.6 is 11.6 Å². The normalized spacial score (nSPS) is 12.0. The number of aliphatic hydroxyl groups is 1. The topological polar surface area (TPSA) is 58.6 Å². The number of halogens is 2. The first-order chi connectivity index (χ1) is 9.02. The van der Waals surface area contributed by atoms with Crippen LogP contribution in [0.4, 0.5) is 4.39 Å². The van der Waals surface area contributed by atoms with Gasteiger partial charge in [-0.25, -0.2) is 4.39 Å². The third kappa shape index (κ3) is 5.89. The van der Waals surface area contributed by atoms with Crippen LogP contribution in [0.1, 0.15) is 19.8 Å². The lowest BCUT2D eigenvalue weighted by atomic mass is 10.2. The molecule has 19 heavy (non-hydrogen) atoms. The number of hydrogen-bond acceptors (Lipinski definition) is 3. The van der Waals surface area contributed by atoms with Gasteiger partial charge in [-0.1, -0.05) is 18.5 Å². The molecule has 2 N–H and O–H groups in total. The van der Waals surface area contributed by atoms with E-state index < -0.39 is 11.9 Å². The lowest BCUT2D eigenvalue weighted by molar-refractivity contribution is -0.123. The molecule has 0 spiro atoms. The lowest BCUT2D eigenvalue weighted by Gasteiger charge is -2.10. The number of amides is 1. The maximum atomic E-state index is 12.9. The molecule has 1 rings (SSSR count). The Kier molecular flexibility index (Phi) is 6.59. The second-order valence-electron chi connectivity index (χ2n) is 4.07. The van der Waals surface area contributed by atoms with Gasteiger partial charge in [0.2, 0.25) is 0 Å². The third-order valence-electron chi connectivity index (χ3n) is 2.53.